The van der Waals surface area contributed by atoms with Crippen molar-refractivity contribution < 1.29 is 4.79 Å². The van der Waals surface area contributed by atoms with Gasteiger partial charge in [0.2, 0.25) is 5.91 Å². The van der Waals surface area contributed by atoms with E-state index in [1.54, 1.807) is 11.3 Å². The molecule has 0 unspecified atom stereocenters. The minimum absolute atomic E-state index is 0.218. The van der Waals surface area contributed by atoms with Gasteiger partial charge >= 0.3 is 0 Å². The van der Waals surface area contributed by atoms with Crippen LogP contribution in [0, 0.1) is 5.92 Å². The van der Waals surface area contributed by atoms with Gasteiger partial charge in [0.15, 0.2) is 0 Å². The number of carbonyl (C=O) groups is 1. The smallest absolute Gasteiger partial charge is 0.228 e. The fraction of sp³-hybridized carbons (Fsp3) is 0.500. The van der Waals surface area contributed by atoms with Gasteiger partial charge in [0.25, 0.3) is 0 Å². The highest BCUT2D eigenvalue weighted by Crippen LogP contribution is 2.23. The Kier molecular flexibility index (Phi) is 3.82. The minimum atomic E-state index is 0.218. The summed E-state index contributed by atoms with van der Waals surface area (Å²) in [6, 6.07) is 8.29. The number of hydrogen-bond acceptors (Lipinski definition) is 5. The molecule has 2 aliphatic heterocycles. The van der Waals surface area contributed by atoms with Crippen molar-refractivity contribution >= 4 is 27.5 Å². The number of nitrogens with zero attached hydrogens (tertiary/aromatic N) is 3. The van der Waals surface area contributed by atoms with E-state index < -0.39 is 0 Å². The van der Waals surface area contributed by atoms with E-state index in [-0.39, 0.29) is 5.92 Å². The van der Waals surface area contributed by atoms with Crippen LogP contribution >= 0.6 is 11.3 Å². The maximum absolute atomic E-state index is 12.2. The summed E-state index contributed by atoms with van der Waals surface area (Å²) in [5.41, 5.74) is 1.09. The summed E-state index contributed by atoms with van der Waals surface area (Å²) >= 11 is 1.77. The lowest BCUT2D eigenvalue weighted by Crippen LogP contribution is -2.56. The molecule has 0 atom stereocenters. The molecule has 2 saturated heterocycles. The highest BCUT2D eigenvalue weighted by Gasteiger charge is 2.31. The number of nitrogens with one attached hydrogen (secondary N) is 1. The summed E-state index contributed by atoms with van der Waals surface area (Å²) in [5.74, 6) is 0.550. The highest BCUT2D eigenvalue weighted by atomic mass is 32.1. The minimum Gasteiger partial charge on any atom is -0.340 e. The lowest BCUT2D eigenvalue weighted by molar-refractivity contribution is -0.138. The number of para-hydroxylation sites is 1. The Labute approximate surface area is 133 Å². The summed E-state index contributed by atoms with van der Waals surface area (Å²) in [5, 5.41) is 4.34. The molecule has 3 heterocycles. The number of amides is 1. The normalized spacial score (nSPS) is 20.3. The summed E-state index contributed by atoms with van der Waals surface area (Å²) in [4.78, 5) is 21.4. The van der Waals surface area contributed by atoms with Gasteiger partial charge in [-0.15, -0.1) is 11.3 Å². The number of aromatic nitrogens is 1. The fourth-order valence-electron chi connectivity index (χ4n) is 3.03. The number of fused-ring (bicyclic) bond motifs is 1. The Morgan fingerprint density at radius 1 is 1.23 bits per heavy atom. The first-order chi connectivity index (χ1) is 10.8. The Hall–Kier alpha value is -1.50. The van der Waals surface area contributed by atoms with Crippen LogP contribution in [0.25, 0.3) is 10.2 Å². The maximum atomic E-state index is 12.2. The second kappa shape index (κ2) is 5.95. The molecule has 1 N–H and O–H groups in total. The van der Waals surface area contributed by atoms with Crippen molar-refractivity contribution in [3.8, 4) is 0 Å². The summed E-state index contributed by atoms with van der Waals surface area (Å²) < 4.78 is 1.25. The van der Waals surface area contributed by atoms with Crippen molar-refractivity contribution in [1.82, 2.24) is 20.1 Å². The second-order valence-corrected chi connectivity index (χ2v) is 7.15. The molecular weight excluding hydrogens is 296 g/mol. The molecule has 6 heteroatoms. The van der Waals surface area contributed by atoms with Gasteiger partial charge < -0.3 is 10.2 Å². The molecule has 4 rings (SSSR count). The van der Waals surface area contributed by atoms with Crippen molar-refractivity contribution in [2.24, 2.45) is 5.92 Å². The molecule has 116 valence electrons. The molecule has 1 aromatic carbocycles. The number of piperazine rings is 1. The van der Waals surface area contributed by atoms with E-state index in [0.717, 1.165) is 51.3 Å². The fourth-order valence-corrected chi connectivity index (χ4v) is 4.04. The zero-order valence-electron chi connectivity index (χ0n) is 12.5. The molecule has 22 heavy (non-hydrogen) atoms. The first-order valence-electron chi connectivity index (χ1n) is 7.86. The zero-order chi connectivity index (χ0) is 14.9. The standard InChI is InChI=1S/C16H20N4OS/c21-16(12-9-17-10-12)20-7-5-19(6-8-20)11-15-18-13-3-1-2-4-14(13)22-15/h1-4,12,17H,5-11H2. The topological polar surface area (TPSA) is 48.5 Å². The third kappa shape index (κ3) is 2.74. The summed E-state index contributed by atoms with van der Waals surface area (Å²) in [7, 11) is 0. The van der Waals surface area contributed by atoms with Crippen LogP contribution in [0.4, 0.5) is 0 Å². The predicted molar refractivity (Wildman–Crippen MR) is 87.8 cm³/mol. The molecule has 0 aliphatic carbocycles. The highest BCUT2D eigenvalue weighted by molar-refractivity contribution is 7.18. The monoisotopic (exact) mass is 316 g/mol. The summed E-state index contributed by atoms with van der Waals surface area (Å²) in [6.45, 7) is 6.19. The quantitative estimate of drug-likeness (QED) is 0.923. The molecule has 1 amide bonds. The Morgan fingerprint density at radius 2 is 2.00 bits per heavy atom. The van der Waals surface area contributed by atoms with E-state index in [1.807, 2.05) is 11.0 Å². The van der Waals surface area contributed by atoms with Crippen molar-refractivity contribution in [2.75, 3.05) is 39.3 Å². The molecule has 0 radical (unpaired) electrons. The van der Waals surface area contributed by atoms with Crippen molar-refractivity contribution in [1.29, 1.82) is 0 Å². The molecule has 5 nitrogen and oxygen atoms in total. The first-order valence-corrected chi connectivity index (χ1v) is 8.67. The van der Waals surface area contributed by atoms with Crippen LogP contribution in [-0.2, 0) is 11.3 Å². The molecule has 2 aliphatic rings. The van der Waals surface area contributed by atoms with Gasteiger partial charge in [-0.05, 0) is 12.1 Å². The van der Waals surface area contributed by atoms with Gasteiger partial charge in [-0.3, -0.25) is 9.69 Å². The molecule has 1 aromatic heterocycles. The third-order valence-electron chi connectivity index (χ3n) is 4.51. The van der Waals surface area contributed by atoms with Crippen molar-refractivity contribution in [2.45, 2.75) is 6.54 Å². The number of rotatable bonds is 3. The van der Waals surface area contributed by atoms with Gasteiger partial charge in [0.1, 0.15) is 5.01 Å². The van der Waals surface area contributed by atoms with Crippen LogP contribution in [0.3, 0.4) is 0 Å². The first kappa shape index (κ1) is 14.1. The molecule has 0 spiro atoms. The number of hydrogen-bond donors (Lipinski definition) is 1. The van der Waals surface area contributed by atoms with Gasteiger partial charge in [-0.2, -0.15) is 0 Å². The van der Waals surface area contributed by atoms with Crippen LogP contribution < -0.4 is 5.32 Å². The second-order valence-electron chi connectivity index (χ2n) is 6.03. The van der Waals surface area contributed by atoms with E-state index in [2.05, 4.69) is 28.4 Å². The predicted octanol–water partition coefficient (Wildman–Crippen LogP) is 1.16. The number of thiazole rings is 1. The third-order valence-corrected chi connectivity index (χ3v) is 5.53. The molecule has 2 fully saturated rings. The Morgan fingerprint density at radius 3 is 2.68 bits per heavy atom. The van der Waals surface area contributed by atoms with Gasteiger partial charge in [-0.25, -0.2) is 4.98 Å². The number of benzene rings is 1. The molecule has 2 aromatic rings. The average molecular weight is 316 g/mol. The van der Waals surface area contributed by atoms with Gasteiger partial charge in [0.05, 0.1) is 22.7 Å². The van der Waals surface area contributed by atoms with Crippen molar-refractivity contribution in [3.05, 3.63) is 29.3 Å². The van der Waals surface area contributed by atoms with E-state index >= 15 is 0 Å². The molecular formula is C16H20N4OS. The van der Waals surface area contributed by atoms with E-state index in [4.69, 9.17) is 4.98 Å². The van der Waals surface area contributed by atoms with Crippen LogP contribution in [0.5, 0.6) is 0 Å². The Bertz CT molecular complexity index is 641. The van der Waals surface area contributed by atoms with Crippen LogP contribution in [-0.4, -0.2) is 60.0 Å². The van der Waals surface area contributed by atoms with E-state index in [1.165, 1.54) is 9.71 Å². The lowest BCUT2D eigenvalue weighted by atomic mass is 10.0. The lowest BCUT2D eigenvalue weighted by Gasteiger charge is -2.38. The number of carbonyl (C=O) groups excluding carboxylic acids is 1. The zero-order valence-corrected chi connectivity index (χ0v) is 13.3. The van der Waals surface area contributed by atoms with Gasteiger partial charge in [0, 0.05) is 39.3 Å². The average Bonchev–Trinajstić information content (AvgIpc) is 2.88. The molecule has 0 bridgehead atoms. The van der Waals surface area contributed by atoms with Crippen LogP contribution in [0.2, 0.25) is 0 Å². The molecule has 0 saturated carbocycles. The van der Waals surface area contributed by atoms with Crippen molar-refractivity contribution in [3.63, 3.8) is 0 Å². The SMILES string of the molecule is O=C(C1CNC1)N1CCN(Cc2nc3ccccc3s2)CC1. The Balaban J connectivity index is 1.34. The largest absolute Gasteiger partial charge is 0.340 e. The van der Waals surface area contributed by atoms with Gasteiger partial charge in [-0.1, -0.05) is 12.1 Å². The summed E-state index contributed by atoms with van der Waals surface area (Å²) in [6.07, 6.45) is 0. The maximum Gasteiger partial charge on any atom is 0.228 e. The van der Waals surface area contributed by atoms with Crippen LogP contribution in [0.15, 0.2) is 24.3 Å². The van der Waals surface area contributed by atoms with E-state index in [0.29, 0.717) is 5.91 Å². The van der Waals surface area contributed by atoms with Crippen LogP contribution in [0.1, 0.15) is 5.01 Å². The van der Waals surface area contributed by atoms with E-state index in [9.17, 15) is 4.79 Å².